The molecule has 3 heterocycles. The van der Waals surface area contributed by atoms with Gasteiger partial charge in [0.25, 0.3) is 0 Å². The first kappa shape index (κ1) is 19.1. The van der Waals surface area contributed by atoms with E-state index in [9.17, 15) is 9.59 Å². The van der Waals surface area contributed by atoms with Crippen molar-refractivity contribution in [2.45, 2.75) is 24.9 Å². The van der Waals surface area contributed by atoms with Crippen molar-refractivity contribution >= 4 is 23.2 Å². The van der Waals surface area contributed by atoms with Crippen LogP contribution in [0, 0.1) is 0 Å². The van der Waals surface area contributed by atoms with E-state index in [1.54, 1.807) is 4.90 Å². The van der Waals surface area contributed by atoms with Crippen molar-refractivity contribution in [1.29, 1.82) is 0 Å². The summed E-state index contributed by atoms with van der Waals surface area (Å²) in [6.07, 6.45) is 2.48. The van der Waals surface area contributed by atoms with Gasteiger partial charge in [-0.15, -0.1) is 11.3 Å². The van der Waals surface area contributed by atoms with E-state index in [1.165, 1.54) is 20.9 Å². The van der Waals surface area contributed by atoms with Crippen LogP contribution in [0.3, 0.4) is 0 Å². The summed E-state index contributed by atoms with van der Waals surface area (Å²) in [4.78, 5) is 27.5. The fourth-order valence-corrected chi connectivity index (χ4v) is 5.26. The molecule has 1 saturated heterocycles. The number of primary amides is 1. The SMILES string of the molecule is NC(=O)COCC(=O)N1CCC2(CC1)OCCc1sc(-c3ccccc3)cc12. The minimum absolute atomic E-state index is 0.109. The van der Waals surface area contributed by atoms with Crippen LogP contribution < -0.4 is 5.73 Å². The van der Waals surface area contributed by atoms with Crippen molar-refractivity contribution in [1.82, 2.24) is 4.90 Å². The molecule has 0 aliphatic carbocycles. The average Bonchev–Trinajstić information content (AvgIpc) is 3.15. The second-order valence-electron chi connectivity index (χ2n) is 7.25. The Morgan fingerprint density at radius 1 is 1.18 bits per heavy atom. The molecule has 148 valence electrons. The molecule has 2 aliphatic rings. The van der Waals surface area contributed by atoms with Crippen molar-refractivity contribution in [2.75, 3.05) is 32.9 Å². The lowest BCUT2D eigenvalue weighted by molar-refractivity contribution is -0.145. The molecule has 1 spiro atoms. The third-order valence-corrected chi connectivity index (χ3v) is 6.70. The van der Waals surface area contributed by atoms with Gasteiger partial charge >= 0.3 is 0 Å². The summed E-state index contributed by atoms with van der Waals surface area (Å²) in [5, 5.41) is 0. The molecular weight excluding hydrogens is 376 g/mol. The van der Waals surface area contributed by atoms with Gasteiger partial charge in [0.2, 0.25) is 11.8 Å². The minimum Gasteiger partial charge on any atom is -0.370 e. The second kappa shape index (κ2) is 8.03. The lowest BCUT2D eigenvalue weighted by Crippen LogP contribution is -2.49. The molecule has 0 radical (unpaired) electrons. The van der Waals surface area contributed by atoms with E-state index >= 15 is 0 Å². The molecule has 1 fully saturated rings. The van der Waals surface area contributed by atoms with Crippen LogP contribution in [0.5, 0.6) is 0 Å². The number of likely N-dealkylation sites (tertiary alicyclic amines) is 1. The molecular formula is C21H24N2O4S. The summed E-state index contributed by atoms with van der Waals surface area (Å²) in [6.45, 7) is 1.62. The first-order valence-electron chi connectivity index (χ1n) is 9.54. The number of hydrogen-bond donors (Lipinski definition) is 1. The van der Waals surface area contributed by atoms with E-state index in [0.717, 1.165) is 25.9 Å². The van der Waals surface area contributed by atoms with Crippen LogP contribution >= 0.6 is 11.3 Å². The number of carbonyl (C=O) groups is 2. The van der Waals surface area contributed by atoms with E-state index in [0.29, 0.717) is 13.1 Å². The highest BCUT2D eigenvalue weighted by molar-refractivity contribution is 7.15. The Hall–Kier alpha value is -2.22. The van der Waals surface area contributed by atoms with Gasteiger partial charge in [-0.3, -0.25) is 9.59 Å². The summed E-state index contributed by atoms with van der Waals surface area (Å²) >= 11 is 1.85. The van der Waals surface area contributed by atoms with Crippen LogP contribution in [0.1, 0.15) is 23.3 Å². The van der Waals surface area contributed by atoms with Gasteiger partial charge in [-0.25, -0.2) is 0 Å². The fraction of sp³-hybridized carbons (Fsp3) is 0.429. The summed E-state index contributed by atoms with van der Waals surface area (Å²) < 4.78 is 11.4. The Labute approximate surface area is 168 Å². The van der Waals surface area contributed by atoms with Gasteiger partial charge < -0.3 is 20.1 Å². The number of nitrogens with zero attached hydrogens (tertiary/aromatic N) is 1. The van der Waals surface area contributed by atoms with Gasteiger partial charge in [0.15, 0.2) is 0 Å². The van der Waals surface area contributed by atoms with Gasteiger partial charge in [-0.05, 0) is 30.0 Å². The highest BCUT2D eigenvalue weighted by Crippen LogP contribution is 2.46. The Morgan fingerprint density at radius 3 is 2.64 bits per heavy atom. The quantitative estimate of drug-likeness (QED) is 0.835. The highest BCUT2D eigenvalue weighted by atomic mass is 32.1. The highest BCUT2D eigenvalue weighted by Gasteiger charge is 2.42. The summed E-state index contributed by atoms with van der Waals surface area (Å²) in [5.41, 5.74) is 7.26. The number of amides is 2. The van der Waals surface area contributed by atoms with Gasteiger partial charge in [-0.2, -0.15) is 0 Å². The molecule has 0 atom stereocenters. The maximum absolute atomic E-state index is 12.3. The molecule has 0 bridgehead atoms. The summed E-state index contributed by atoms with van der Waals surface area (Å²) in [5.74, 6) is -0.678. The molecule has 4 rings (SSSR count). The molecule has 2 aromatic rings. The third kappa shape index (κ3) is 3.83. The molecule has 6 nitrogen and oxygen atoms in total. The van der Waals surface area contributed by atoms with Gasteiger partial charge in [-0.1, -0.05) is 30.3 Å². The largest absolute Gasteiger partial charge is 0.370 e. The van der Waals surface area contributed by atoms with Crippen molar-refractivity contribution in [3.8, 4) is 10.4 Å². The number of carbonyl (C=O) groups excluding carboxylic acids is 2. The predicted molar refractivity (Wildman–Crippen MR) is 107 cm³/mol. The zero-order valence-electron chi connectivity index (χ0n) is 15.7. The monoisotopic (exact) mass is 400 g/mol. The van der Waals surface area contributed by atoms with E-state index in [1.807, 2.05) is 17.4 Å². The number of ether oxygens (including phenoxy) is 2. The van der Waals surface area contributed by atoms with Crippen molar-refractivity contribution in [3.05, 3.63) is 46.8 Å². The van der Waals surface area contributed by atoms with E-state index < -0.39 is 5.91 Å². The number of nitrogens with two attached hydrogens (primary N) is 1. The molecule has 2 aliphatic heterocycles. The zero-order valence-corrected chi connectivity index (χ0v) is 16.5. The first-order valence-corrected chi connectivity index (χ1v) is 10.4. The van der Waals surface area contributed by atoms with Crippen molar-refractivity contribution in [3.63, 3.8) is 0 Å². The van der Waals surface area contributed by atoms with Crippen LogP contribution in [0.2, 0.25) is 0 Å². The average molecular weight is 400 g/mol. The Bertz CT molecular complexity index is 857. The number of fused-ring (bicyclic) bond motifs is 2. The third-order valence-electron chi connectivity index (χ3n) is 5.46. The van der Waals surface area contributed by atoms with Crippen LogP contribution in [0.4, 0.5) is 0 Å². The summed E-state index contributed by atoms with van der Waals surface area (Å²) in [6, 6.07) is 12.7. The lowest BCUT2D eigenvalue weighted by atomic mass is 9.82. The number of piperidine rings is 1. The Morgan fingerprint density at radius 2 is 1.93 bits per heavy atom. The van der Waals surface area contributed by atoms with Crippen LogP contribution in [0.25, 0.3) is 10.4 Å². The van der Waals surface area contributed by atoms with Crippen molar-refractivity contribution in [2.24, 2.45) is 5.73 Å². The van der Waals surface area contributed by atoms with Gasteiger partial charge in [0, 0.05) is 29.3 Å². The topological polar surface area (TPSA) is 81.9 Å². The zero-order chi connectivity index (χ0) is 19.6. The standard InChI is InChI=1S/C21H24N2O4S/c22-19(24)13-26-14-20(25)23-9-7-21(8-10-23)16-12-18(15-4-2-1-3-5-15)28-17(16)6-11-27-21/h1-5,12H,6-11,13-14H2,(H2,22,24). The molecule has 0 saturated carbocycles. The normalized spacial score (nSPS) is 18.1. The number of thiophene rings is 1. The van der Waals surface area contributed by atoms with Crippen LogP contribution in [0.15, 0.2) is 36.4 Å². The van der Waals surface area contributed by atoms with Crippen LogP contribution in [-0.4, -0.2) is 49.6 Å². The molecule has 0 unspecified atom stereocenters. The minimum atomic E-state index is -0.569. The van der Waals surface area contributed by atoms with Gasteiger partial charge in [0.1, 0.15) is 13.2 Å². The summed E-state index contributed by atoms with van der Waals surface area (Å²) in [7, 11) is 0. The van der Waals surface area contributed by atoms with Gasteiger partial charge in [0.05, 0.1) is 12.2 Å². The molecule has 1 aromatic heterocycles. The maximum Gasteiger partial charge on any atom is 0.248 e. The molecule has 2 N–H and O–H groups in total. The Kier molecular flexibility index (Phi) is 5.48. The smallest absolute Gasteiger partial charge is 0.248 e. The molecule has 7 heteroatoms. The van der Waals surface area contributed by atoms with E-state index in [2.05, 4.69) is 30.3 Å². The maximum atomic E-state index is 12.3. The Balaban J connectivity index is 1.46. The molecule has 2 amide bonds. The molecule has 28 heavy (non-hydrogen) atoms. The second-order valence-corrected chi connectivity index (χ2v) is 8.38. The number of benzene rings is 1. The van der Waals surface area contributed by atoms with Crippen LogP contribution in [-0.2, 0) is 31.1 Å². The molecule has 1 aromatic carbocycles. The predicted octanol–water partition coefficient (Wildman–Crippen LogP) is 2.31. The number of hydrogen-bond acceptors (Lipinski definition) is 5. The van der Waals surface area contributed by atoms with E-state index in [-0.39, 0.29) is 24.7 Å². The fourth-order valence-electron chi connectivity index (χ4n) is 4.02. The van der Waals surface area contributed by atoms with E-state index in [4.69, 9.17) is 15.2 Å². The number of rotatable bonds is 5. The van der Waals surface area contributed by atoms with Crippen molar-refractivity contribution < 1.29 is 19.1 Å². The lowest BCUT2D eigenvalue weighted by Gasteiger charge is -2.44. The first-order chi connectivity index (χ1) is 13.6.